The number of nitrogens with zero attached hydrogens (tertiary/aromatic N) is 2. The van der Waals surface area contributed by atoms with Gasteiger partial charge in [-0.05, 0) is 24.9 Å². The zero-order valence-electron chi connectivity index (χ0n) is 10.5. The molecule has 2 heterocycles. The van der Waals surface area contributed by atoms with Crippen LogP contribution in [0.4, 0.5) is 0 Å². The Hall–Kier alpha value is -1.68. The predicted octanol–water partition coefficient (Wildman–Crippen LogP) is 2.01. The van der Waals surface area contributed by atoms with Crippen LogP contribution in [0, 0.1) is 5.92 Å². The summed E-state index contributed by atoms with van der Waals surface area (Å²) in [6.07, 6.45) is 3.12. The molecule has 94 valence electrons. The summed E-state index contributed by atoms with van der Waals surface area (Å²) in [5.74, 6) is 0.543. The van der Waals surface area contributed by atoms with Crippen molar-refractivity contribution in [2.24, 2.45) is 5.92 Å². The largest absolute Gasteiger partial charge is 0.458 e. The van der Waals surface area contributed by atoms with E-state index in [-0.39, 0.29) is 6.10 Å². The van der Waals surface area contributed by atoms with Gasteiger partial charge in [0, 0.05) is 18.1 Å². The molecule has 1 aliphatic heterocycles. The molecule has 0 spiro atoms. The quantitative estimate of drug-likeness (QED) is 0.876. The van der Waals surface area contributed by atoms with E-state index >= 15 is 0 Å². The van der Waals surface area contributed by atoms with Crippen LogP contribution >= 0.6 is 0 Å². The molecule has 4 nitrogen and oxygen atoms in total. The number of fused-ring (bicyclic) bond motifs is 1. The lowest BCUT2D eigenvalue weighted by Gasteiger charge is -2.29. The van der Waals surface area contributed by atoms with Gasteiger partial charge in [0.25, 0.3) is 0 Å². The van der Waals surface area contributed by atoms with Crippen LogP contribution in [0.15, 0.2) is 30.5 Å². The standard InChI is InChI=1S/C14H17N3O/c1-10-6-7-15-9-13(10)18-14-16-8-11-4-2-3-5-12(11)17-14/h2-5,8,10,13,15H,6-7,9H2,1H3. The smallest absolute Gasteiger partial charge is 0.317 e. The number of piperidine rings is 1. The van der Waals surface area contributed by atoms with E-state index in [1.165, 1.54) is 0 Å². The highest BCUT2D eigenvalue weighted by Crippen LogP contribution is 2.18. The first-order chi connectivity index (χ1) is 8.83. The minimum atomic E-state index is 0.167. The summed E-state index contributed by atoms with van der Waals surface area (Å²) in [4.78, 5) is 8.72. The second-order valence-electron chi connectivity index (χ2n) is 4.84. The third-order valence-electron chi connectivity index (χ3n) is 3.48. The van der Waals surface area contributed by atoms with Gasteiger partial charge in [-0.2, -0.15) is 4.98 Å². The van der Waals surface area contributed by atoms with Crippen LogP contribution in [0.5, 0.6) is 6.01 Å². The van der Waals surface area contributed by atoms with Crippen molar-refractivity contribution in [3.8, 4) is 6.01 Å². The number of hydrogen-bond donors (Lipinski definition) is 1. The van der Waals surface area contributed by atoms with Crippen LogP contribution < -0.4 is 10.1 Å². The highest BCUT2D eigenvalue weighted by molar-refractivity contribution is 5.77. The van der Waals surface area contributed by atoms with Gasteiger partial charge in [-0.15, -0.1) is 0 Å². The van der Waals surface area contributed by atoms with Gasteiger partial charge in [0.1, 0.15) is 6.10 Å². The lowest BCUT2D eigenvalue weighted by molar-refractivity contribution is 0.104. The van der Waals surface area contributed by atoms with Crippen molar-refractivity contribution in [1.82, 2.24) is 15.3 Å². The lowest BCUT2D eigenvalue weighted by Crippen LogP contribution is -2.43. The Morgan fingerprint density at radius 1 is 1.33 bits per heavy atom. The average molecular weight is 243 g/mol. The molecule has 18 heavy (non-hydrogen) atoms. The third-order valence-corrected chi connectivity index (χ3v) is 3.48. The molecule has 1 aromatic heterocycles. The first-order valence-electron chi connectivity index (χ1n) is 6.42. The van der Waals surface area contributed by atoms with E-state index in [9.17, 15) is 0 Å². The zero-order chi connectivity index (χ0) is 12.4. The van der Waals surface area contributed by atoms with Crippen molar-refractivity contribution in [1.29, 1.82) is 0 Å². The highest BCUT2D eigenvalue weighted by Gasteiger charge is 2.23. The second kappa shape index (κ2) is 4.90. The first-order valence-corrected chi connectivity index (χ1v) is 6.42. The molecule has 2 unspecified atom stereocenters. The minimum absolute atomic E-state index is 0.167. The lowest BCUT2D eigenvalue weighted by atomic mass is 9.97. The van der Waals surface area contributed by atoms with Crippen LogP contribution in [0.1, 0.15) is 13.3 Å². The van der Waals surface area contributed by atoms with Crippen LogP contribution in [-0.2, 0) is 0 Å². The fourth-order valence-electron chi connectivity index (χ4n) is 2.27. The minimum Gasteiger partial charge on any atom is -0.458 e. The third kappa shape index (κ3) is 2.29. The van der Waals surface area contributed by atoms with Gasteiger partial charge in [0.05, 0.1) is 5.52 Å². The van der Waals surface area contributed by atoms with Crippen molar-refractivity contribution in [2.45, 2.75) is 19.4 Å². The number of ether oxygens (including phenoxy) is 1. The van der Waals surface area contributed by atoms with E-state index in [0.29, 0.717) is 11.9 Å². The fraction of sp³-hybridized carbons (Fsp3) is 0.429. The summed E-state index contributed by atoms with van der Waals surface area (Å²) in [5, 5.41) is 4.38. The maximum Gasteiger partial charge on any atom is 0.317 e. The summed E-state index contributed by atoms with van der Waals surface area (Å²) in [6, 6.07) is 8.42. The fourth-order valence-corrected chi connectivity index (χ4v) is 2.27. The molecule has 2 atom stereocenters. The number of benzene rings is 1. The van der Waals surface area contributed by atoms with Gasteiger partial charge >= 0.3 is 6.01 Å². The van der Waals surface area contributed by atoms with Crippen molar-refractivity contribution >= 4 is 10.9 Å². The second-order valence-corrected chi connectivity index (χ2v) is 4.84. The summed E-state index contributed by atoms with van der Waals surface area (Å²) in [5.41, 5.74) is 0.930. The summed E-state index contributed by atoms with van der Waals surface area (Å²) in [7, 11) is 0. The Morgan fingerprint density at radius 3 is 3.11 bits per heavy atom. The van der Waals surface area contributed by atoms with E-state index in [0.717, 1.165) is 30.4 Å². The van der Waals surface area contributed by atoms with Crippen LogP contribution in [0.25, 0.3) is 10.9 Å². The van der Waals surface area contributed by atoms with E-state index in [2.05, 4.69) is 22.2 Å². The van der Waals surface area contributed by atoms with Gasteiger partial charge in [0.15, 0.2) is 0 Å². The van der Waals surface area contributed by atoms with Crippen molar-refractivity contribution in [3.05, 3.63) is 30.5 Å². The molecule has 1 aliphatic rings. The Morgan fingerprint density at radius 2 is 2.22 bits per heavy atom. The number of aromatic nitrogens is 2. The molecule has 3 rings (SSSR count). The molecular formula is C14H17N3O. The van der Waals surface area contributed by atoms with Gasteiger partial charge in [0.2, 0.25) is 0 Å². The molecule has 0 saturated carbocycles. The SMILES string of the molecule is CC1CCNCC1Oc1ncc2ccccc2n1. The molecule has 1 N–H and O–H groups in total. The van der Waals surface area contributed by atoms with E-state index in [1.807, 2.05) is 30.5 Å². The maximum atomic E-state index is 5.89. The van der Waals surface area contributed by atoms with Crippen LogP contribution in [0.2, 0.25) is 0 Å². The van der Waals surface area contributed by atoms with Crippen molar-refractivity contribution in [2.75, 3.05) is 13.1 Å². The van der Waals surface area contributed by atoms with Gasteiger partial charge in [-0.3, -0.25) is 0 Å². The highest BCUT2D eigenvalue weighted by atomic mass is 16.5. The molecule has 0 radical (unpaired) electrons. The summed E-state index contributed by atoms with van der Waals surface area (Å²) in [6.45, 7) is 4.16. The number of para-hydroxylation sites is 1. The topological polar surface area (TPSA) is 47.0 Å². The van der Waals surface area contributed by atoms with Gasteiger partial charge in [-0.25, -0.2) is 4.98 Å². The average Bonchev–Trinajstić information content (AvgIpc) is 2.41. The van der Waals surface area contributed by atoms with Crippen LogP contribution in [0.3, 0.4) is 0 Å². The molecule has 1 saturated heterocycles. The van der Waals surface area contributed by atoms with E-state index < -0.39 is 0 Å². The monoisotopic (exact) mass is 243 g/mol. The number of hydrogen-bond acceptors (Lipinski definition) is 4. The first kappa shape index (κ1) is 11.4. The zero-order valence-corrected chi connectivity index (χ0v) is 10.5. The molecule has 0 aliphatic carbocycles. The van der Waals surface area contributed by atoms with Crippen molar-refractivity contribution < 1.29 is 4.74 Å². The molecule has 1 aromatic carbocycles. The number of nitrogens with one attached hydrogen (secondary N) is 1. The van der Waals surface area contributed by atoms with E-state index in [1.54, 1.807) is 0 Å². The predicted molar refractivity (Wildman–Crippen MR) is 70.6 cm³/mol. The molecule has 0 bridgehead atoms. The normalized spacial score (nSPS) is 24.1. The Labute approximate surface area is 106 Å². The van der Waals surface area contributed by atoms with Gasteiger partial charge < -0.3 is 10.1 Å². The van der Waals surface area contributed by atoms with Gasteiger partial charge in [-0.1, -0.05) is 25.1 Å². The Kier molecular flexibility index (Phi) is 3.11. The van der Waals surface area contributed by atoms with Crippen LogP contribution in [-0.4, -0.2) is 29.2 Å². The maximum absolute atomic E-state index is 5.89. The molecular weight excluding hydrogens is 226 g/mol. The molecule has 2 aromatic rings. The summed E-state index contributed by atoms with van der Waals surface area (Å²) >= 11 is 0. The molecule has 0 amide bonds. The molecule has 4 heteroatoms. The van der Waals surface area contributed by atoms with E-state index in [4.69, 9.17) is 4.74 Å². The molecule has 1 fully saturated rings. The summed E-state index contributed by atoms with van der Waals surface area (Å²) < 4.78 is 5.89. The Bertz CT molecular complexity index is 543. The number of rotatable bonds is 2. The van der Waals surface area contributed by atoms with Crippen molar-refractivity contribution in [3.63, 3.8) is 0 Å². The Balaban J connectivity index is 1.81.